The largest absolute Gasteiger partial charge is 0.391 e. The van der Waals surface area contributed by atoms with Crippen molar-refractivity contribution in [2.45, 2.75) is 36.5 Å². The molecule has 1 aromatic rings. The Hall–Kier alpha value is -0.430. The van der Waals surface area contributed by atoms with Gasteiger partial charge in [-0.2, -0.15) is 4.31 Å². The molecule has 2 bridgehead atoms. The maximum Gasteiger partial charge on any atom is 0.252 e. The highest BCUT2D eigenvalue weighted by Crippen LogP contribution is 2.48. The molecule has 1 N–H and O–H groups in total. The summed E-state index contributed by atoms with van der Waals surface area (Å²) in [4.78, 5) is 0.692. The van der Waals surface area contributed by atoms with Crippen molar-refractivity contribution in [2.24, 2.45) is 17.8 Å². The SMILES string of the molecule is CN(CC1CC2CCC1C2)S(=O)(=O)c1ccc(CO)s1. The predicted molar refractivity (Wildman–Crippen MR) is 79.0 cm³/mol. The van der Waals surface area contributed by atoms with Gasteiger partial charge in [0.05, 0.1) is 6.61 Å². The van der Waals surface area contributed by atoms with Crippen molar-refractivity contribution in [3.63, 3.8) is 0 Å². The van der Waals surface area contributed by atoms with E-state index in [1.54, 1.807) is 19.2 Å². The molecule has 0 aliphatic heterocycles. The van der Waals surface area contributed by atoms with Crippen molar-refractivity contribution in [1.29, 1.82) is 0 Å². The quantitative estimate of drug-likeness (QED) is 0.907. The van der Waals surface area contributed by atoms with Gasteiger partial charge in [0.15, 0.2) is 0 Å². The van der Waals surface area contributed by atoms with Crippen molar-refractivity contribution in [3.8, 4) is 0 Å². The van der Waals surface area contributed by atoms with Crippen LogP contribution in [0.15, 0.2) is 16.3 Å². The zero-order valence-corrected chi connectivity index (χ0v) is 13.3. The molecule has 3 rings (SSSR count). The first-order chi connectivity index (χ1) is 9.50. The van der Waals surface area contributed by atoms with E-state index in [0.29, 0.717) is 21.5 Å². The van der Waals surface area contributed by atoms with E-state index < -0.39 is 10.0 Å². The lowest BCUT2D eigenvalue weighted by Gasteiger charge is -2.26. The van der Waals surface area contributed by atoms with Gasteiger partial charge in [-0.15, -0.1) is 11.3 Å². The Kier molecular flexibility index (Phi) is 3.92. The van der Waals surface area contributed by atoms with Crippen LogP contribution in [0.2, 0.25) is 0 Å². The molecule has 6 heteroatoms. The highest BCUT2D eigenvalue weighted by molar-refractivity contribution is 7.91. The van der Waals surface area contributed by atoms with Gasteiger partial charge >= 0.3 is 0 Å². The number of nitrogens with zero attached hydrogens (tertiary/aromatic N) is 1. The fraction of sp³-hybridized carbons (Fsp3) is 0.714. The van der Waals surface area contributed by atoms with Crippen LogP contribution < -0.4 is 0 Å². The van der Waals surface area contributed by atoms with E-state index in [-0.39, 0.29) is 6.61 Å². The fourth-order valence-corrected chi connectivity index (χ4v) is 6.42. The van der Waals surface area contributed by atoms with E-state index in [9.17, 15) is 8.42 Å². The normalized spacial score (nSPS) is 29.4. The van der Waals surface area contributed by atoms with E-state index in [1.807, 2.05) is 0 Å². The minimum Gasteiger partial charge on any atom is -0.391 e. The topological polar surface area (TPSA) is 57.6 Å². The lowest BCUT2D eigenvalue weighted by molar-refractivity contribution is 0.280. The summed E-state index contributed by atoms with van der Waals surface area (Å²) >= 11 is 1.16. The summed E-state index contributed by atoms with van der Waals surface area (Å²) in [5, 5.41) is 9.06. The standard InChI is InChI=1S/C14H21NO3S2/c1-15(8-12-7-10-2-3-11(12)6-10)20(17,18)14-5-4-13(9-16)19-14/h4-5,10-12,16H,2-3,6-9H2,1H3. The van der Waals surface area contributed by atoms with Gasteiger partial charge < -0.3 is 5.11 Å². The Morgan fingerprint density at radius 1 is 1.35 bits per heavy atom. The minimum atomic E-state index is -3.39. The average Bonchev–Trinajstić information content (AvgIpc) is 3.14. The van der Waals surface area contributed by atoms with E-state index in [4.69, 9.17) is 5.11 Å². The van der Waals surface area contributed by atoms with Crippen LogP contribution in [-0.2, 0) is 16.6 Å². The molecule has 2 fully saturated rings. The molecule has 2 aliphatic rings. The van der Waals surface area contributed by atoms with Gasteiger partial charge in [-0.3, -0.25) is 0 Å². The van der Waals surface area contributed by atoms with Crippen LogP contribution in [0, 0.1) is 17.8 Å². The smallest absolute Gasteiger partial charge is 0.252 e. The first-order valence-corrected chi connectivity index (χ1v) is 9.42. The van der Waals surface area contributed by atoms with Gasteiger partial charge in [-0.05, 0) is 49.1 Å². The van der Waals surface area contributed by atoms with Gasteiger partial charge in [-0.1, -0.05) is 6.42 Å². The predicted octanol–water partition coefficient (Wildman–Crippen LogP) is 2.30. The highest BCUT2D eigenvalue weighted by Gasteiger charge is 2.41. The molecule has 0 spiro atoms. The van der Waals surface area contributed by atoms with Crippen molar-refractivity contribution in [3.05, 3.63) is 17.0 Å². The van der Waals surface area contributed by atoms with Crippen LogP contribution in [0.5, 0.6) is 0 Å². The van der Waals surface area contributed by atoms with Crippen molar-refractivity contribution < 1.29 is 13.5 Å². The van der Waals surface area contributed by atoms with Crippen LogP contribution in [0.1, 0.15) is 30.6 Å². The van der Waals surface area contributed by atoms with Crippen LogP contribution in [0.3, 0.4) is 0 Å². The molecule has 3 atom stereocenters. The zero-order valence-electron chi connectivity index (χ0n) is 11.7. The van der Waals surface area contributed by atoms with E-state index in [0.717, 1.165) is 23.2 Å². The Bertz CT molecular complexity index is 581. The second-order valence-electron chi connectivity index (χ2n) is 6.10. The molecule has 4 nitrogen and oxygen atoms in total. The molecule has 0 aromatic carbocycles. The maximum atomic E-state index is 12.5. The Balaban J connectivity index is 1.70. The van der Waals surface area contributed by atoms with Crippen molar-refractivity contribution in [2.75, 3.05) is 13.6 Å². The molecule has 20 heavy (non-hydrogen) atoms. The number of aliphatic hydroxyl groups excluding tert-OH is 1. The van der Waals surface area contributed by atoms with E-state index in [1.165, 1.54) is 30.0 Å². The number of thiophene rings is 1. The molecule has 0 radical (unpaired) electrons. The van der Waals surface area contributed by atoms with Gasteiger partial charge in [-0.25, -0.2) is 8.42 Å². The third-order valence-electron chi connectivity index (χ3n) is 4.83. The van der Waals surface area contributed by atoms with Crippen molar-refractivity contribution >= 4 is 21.4 Å². The van der Waals surface area contributed by atoms with Crippen LogP contribution in [0.4, 0.5) is 0 Å². The van der Waals surface area contributed by atoms with Crippen LogP contribution in [0.25, 0.3) is 0 Å². The Labute approximate surface area is 124 Å². The lowest BCUT2D eigenvalue weighted by atomic mass is 9.89. The summed E-state index contributed by atoms with van der Waals surface area (Å²) in [6.07, 6.45) is 5.10. The summed E-state index contributed by atoms with van der Waals surface area (Å²) in [7, 11) is -1.71. The lowest BCUT2D eigenvalue weighted by Crippen LogP contribution is -2.33. The van der Waals surface area contributed by atoms with Crippen LogP contribution in [-0.4, -0.2) is 31.4 Å². The molecular weight excluding hydrogens is 294 g/mol. The molecule has 2 aliphatic carbocycles. The average molecular weight is 315 g/mol. The first kappa shape index (κ1) is 14.5. The van der Waals surface area contributed by atoms with Crippen LogP contribution >= 0.6 is 11.3 Å². The summed E-state index contributed by atoms with van der Waals surface area (Å²) in [5.41, 5.74) is 0. The monoisotopic (exact) mass is 315 g/mol. The highest BCUT2D eigenvalue weighted by atomic mass is 32.2. The molecule has 1 heterocycles. The number of sulfonamides is 1. The van der Waals surface area contributed by atoms with Gasteiger partial charge in [0.2, 0.25) is 0 Å². The Morgan fingerprint density at radius 2 is 2.15 bits per heavy atom. The Morgan fingerprint density at radius 3 is 2.70 bits per heavy atom. The molecule has 3 unspecified atom stereocenters. The van der Waals surface area contributed by atoms with Gasteiger partial charge in [0.25, 0.3) is 10.0 Å². The first-order valence-electron chi connectivity index (χ1n) is 7.16. The number of fused-ring (bicyclic) bond motifs is 2. The van der Waals surface area contributed by atoms with E-state index >= 15 is 0 Å². The molecule has 1 aromatic heterocycles. The third kappa shape index (κ3) is 2.54. The summed E-state index contributed by atoms with van der Waals surface area (Å²) in [5.74, 6) is 2.10. The molecule has 0 saturated heterocycles. The summed E-state index contributed by atoms with van der Waals surface area (Å²) in [6, 6.07) is 3.28. The number of hydrogen-bond donors (Lipinski definition) is 1. The minimum absolute atomic E-state index is 0.101. The second-order valence-corrected chi connectivity index (χ2v) is 9.54. The van der Waals surface area contributed by atoms with Gasteiger partial charge in [0.1, 0.15) is 4.21 Å². The molecule has 2 saturated carbocycles. The summed E-state index contributed by atoms with van der Waals surface area (Å²) in [6.45, 7) is 0.534. The molecular formula is C14H21NO3S2. The number of aliphatic hydroxyl groups is 1. The number of hydrogen-bond acceptors (Lipinski definition) is 4. The summed E-state index contributed by atoms with van der Waals surface area (Å²) < 4.78 is 26.9. The molecule has 0 amide bonds. The van der Waals surface area contributed by atoms with Gasteiger partial charge in [0, 0.05) is 18.5 Å². The number of rotatable bonds is 5. The maximum absolute atomic E-state index is 12.5. The van der Waals surface area contributed by atoms with E-state index in [2.05, 4.69) is 0 Å². The second kappa shape index (κ2) is 5.40. The zero-order chi connectivity index (χ0) is 14.3. The third-order valence-corrected chi connectivity index (χ3v) is 8.19. The fourth-order valence-electron chi connectivity index (χ4n) is 3.76. The van der Waals surface area contributed by atoms with Crippen molar-refractivity contribution in [1.82, 2.24) is 4.31 Å². The molecule has 112 valence electrons.